The number of nitrogens with zero attached hydrogens (tertiary/aromatic N) is 2. The summed E-state index contributed by atoms with van der Waals surface area (Å²) in [6, 6.07) is 17.3. The first-order valence-electron chi connectivity index (χ1n) is 8.91. The molecule has 1 aromatic heterocycles. The van der Waals surface area contributed by atoms with Crippen LogP contribution in [0.15, 0.2) is 59.7 Å². The van der Waals surface area contributed by atoms with Crippen LogP contribution in [0.3, 0.4) is 0 Å². The smallest absolute Gasteiger partial charge is 0.289 e. The molecule has 2 aromatic carbocycles. The molecule has 0 saturated carbocycles. The van der Waals surface area contributed by atoms with Crippen LogP contribution >= 0.6 is 0 Å². The average molecular weight is 362 g/mol. The second kappa shape index (κ2) is 8.80. The summed E-state index contributed by atoms with van der Waals surface area (Å²) in [7, 11) is 0. The van der Waals surface area contributed by atoms with Gasteiger partial charge in [0.2, 0.25) is 0 Å². The van der Waals surface area contributed by atoms with E-state index in [2.05, 4.69) is 39.8 Å². The molecule has 0 fully saturated rings. The molecule has 0 aliphatic heterocycles. The van der Waals surface area contributed by atoms with Crippen molar-refractivity contribution in [3.05, 3.63) is 71.4 Å². The highest BCUT2D eigenvalue weighted by Gasteiger charge is 2.10. The van der Waals surface area contributed by atoms with Crippen molar-refractivity contribution >= 4 is 12.1 Å². The monoisotopic (exact) mass is 362 g/mol. The van der Waals surface area contributed by atoms with Crippen LogP contribution in [0.1, 0.15) is 35.5 Å². The van der Waals surface area contributed by atoms with Crippen LogP contribution < -0.4 is 10.2 Å². The number of para-hydroxylation sites is 1. The number of hydrazone groups is 1. The van der Waals surface area contributed by atoms with Gasteiger partial charge in [-0.2, -0.15) is 10.2 Å². The highest BCUT2D eigenvalue weighted by atomic mass is 16.5. The first-order chi connectivity index (χ1) is 13.2. The van der Waals surface area contributed by atoms with Crippen molar-refractivity contribution in [2.24, 2.45) is 5.10 Å². The highest BCUT2D eigenvalue weighted by molar-refractivity contribution is 5.94. The molecule has 0 atom stereocenters. The molecule has 1 heterocycles. The predicted molar refractivity (Wildman–Crippen MR) is 106 cm³/mol. The van der Waals surface area contributed by atoms with Gasteiger partial charge in [-0.1, -0.05) is 43.3 Å². The van der Waals surface area contributed by atoms with Gasteiger partial charge in [0.05, 0.1) is 18.5 Å². The van der Waals surface area contributed by atoms with E-state index >= 15 is 0 Å². The normalized spacial score (nSPS) is 10.9. The third-order valence-electron chi connectivity index (χ3n) is 4.07. The van der Waals surface area contributed by atoms with Crippen molar-refractivity contribution in [3.8, 4) is 17.0 Å². The zero-order valence-electron chi connectivity index (χ0n) is 15.4. The maximum Gasteiger partial charge on any atom is 0.289 e. The van der Waals surface area contributed by atoms with Crippen molar-refractivity contribution in [2.75, 3.05) is 6.61 Å². The minimum absolute atomic E-state index is 0.347. The van der Waals surface area contributed by atoms with Gasteiger partial charge in [0.1, 0.15) is 11.4 Å². The number of hydrogen-bond acceptors (Lipinski definition) is 4. The van der Waals surface area contributed by atoms with Crippen LogP contribution in [-0.2, 0) is 6.42 Å². The summed E-state index contributed by atoms with van der Waals surface area (Å²) in [5, 5.41) is 11.0. The molecule has 0 aliphatic rings. The van der Waals surface area contributed by atoms with Crippen LogP contribution in [-0.4, -0.2) is 28.9 Å². The fourth-order valence-electron chi connectivity index (χ4n) is 2.59. The number of ether oxygens (including phenoxy) is 1. The fourth-order valence-corrected chi connectivity index (χ4v) is 2.59. The molecule has 0 bridgehead atoms. The molecule has 0 radical (unpaired) electrons. The lowest BCUT2D eigenvalue weighted by Crippen LogP contribution is -2.18. The Morgan fingerprint density at radius 1 is 1.19 bits per heavy atom. The number of amides is 1. The van der Waals surface area contributed by atoms with Gasteiger partial charge in [0.15, 0.2) is 0 Å². The Kier molecular flexibility index (Phi) is 5.99. The Balaban J connectivity index is 1.66. The number of aromatic nitrogens is 2. The quantitative estimate of drug-likeness (QED) is 0.495. The molecule has 27 heavy (non-hydrogen) atoms. The first kappa shape index (κ1) is 18.4. The number of benzene rings is 2. The number of carbonyl (C=O) groups is 1. The van der Waals surface area contributed by atoms with E-state index in [0.717, 1.165) is 23.3 Å². The molecular weight excluding hydrogens is 340 g/mol. The molecule has 3 rings (SSSR count). The van der Waals surface area contributed by atoms with Crippen molar-refractivity contribution in [3.63, 3.8) is 0 Å². The predicted octanol–water partition coefficient (Wildman–Crippen LogP) is 3.80. The molecule has 0 aliphatic carbocycles. The van der Waals surface area contributed by atoms with Gasteiger partial charge in [0, 0.05) is 11.1 Å². The fraction of sp³-hybridized carbons (Fsp3) is 0.190. The zero-order chi connectivity index (χ0) is 19.1. The van der Waals surface area contributed by atoms with E-state index in [0.29, 0.717) is 18.0 Å². The lowest BCUT2D eigenvalue weighted by Gasteiger charge is -2.05. The molecule has 6 heteroatoms. The molecule has 0 saturated heterocycles. The number of H-pyrrole nitrogens is 1. The zero-order valence-corrected chi connectivity index (χ0v) is 15.4. The van der Waals surface area contributed by atoms with Gasteiger partial charge in [-0.15, -0.1) is 0 Å². The summed E-state index contributed by atoms with van der Waals surface area (Å²) < 4.78 is 5.53. The highest BCUT2D eigenvalue weighted by Crippen LogP contribution is 2.19. The Hall–Kier alpha value is -3.41. The summed E-state index contributed by atoms with van der Waals surface area (Å²) in [6.07, 6.45) is 2.54. The largest absolute Gasteiger partial charge is 0.493 e. The molecular formula is C21H22N4O2. The van der Waals surface area contributed by atoms with Crippen LogP contribution in [0.25, 0.3) is 11.3 Å². The van der Waals surface area contributed by atoms with Crippen molar-refractivity contribution in [1.82, 2.24) is 15.6 Å². The number of aromatic amines is 1. The van der Waals surface area contributed by atoms with Crippen molar-refractivity contribution < 1.29 is 9.53 Å². The summed E-state index contributed by atoms with van der Waals surface area (Å²) in [5.74, 6) is 0.362. The third kappa shape index (κ3) is 4.61. The Morgan fingerprint density at radius 2 is 1.96 bits per heavy atom. The molecule has 0 unspecified atom stereocenters. The number of rotatable bonds is 7. The van der Waals surface area contributed by atoms with Crippen LogP contribution in [0.4, 0.5) is 0 Å². The number of aryl methyl sites for hydroxylation is 1. The summed E-state index contributed by atoms with van der Waals surface area (Å²) in [6.45, 7) is 4.59. The summed E-state index contributed by atoms with van der Waals surface area (Å²) >= 11 is 0. The van der Waals surface area contributed by atoms with E-state index < -0.39 is 0 Å². The summed E-state index contributed by atoms with van der Waals surface area (Å²) in [4.78, 5) is 12.3. The lowest BCUT2D eigenvalue weighted by molar-refractivity contribution is 0.0950. The van der Waals surface area contributed by atoms with Gasteiger partial charge in [-0.3, -0.25) is 9.89 Å². The van der Waals surface area contributed by atoms with Crippen molar-refractivity contribution in [1.29, 1.82) is 0 Å². The minimum Gasteiger partial charge on any atom is -0.493 e. The molecule has 6 nitrogen and oxygen atoms in total. The van der Waals surface area contributed by atoms with Gasteiger partial charge in [-0.05, 0) is 37.1 Å². The molecule has 1 amide bonds. The van der Waals surface area contributed by atoms with E-state index in [1.54, 1.807) is 12.3 Å². The van der Waals surface area contributed by atoms with Crippen LogP contribution in [0.2, 0.25) is 0 Å². The number of nitrogens with one attached hydrogen (secondary N) is 2. The summed E-state index contributed by atoms with van der Waals surface area (Å²) in [5.41, 5.74) is 6.57. The Bertz CT molecular complexity index is 929. The molecule has 3 aromatic rings. The topological polar surface area (TPSA) is 79.4 Å². The maximum absolute atomic E-state index is 12.3. The minimum atomic E-state index is -0.357. The van der Waals surface area contributed by atoms with Gasteiger partial charge in [-0.25, -0.2) is 5.43 Å². The van der Waals surface area contributed by atoms with Gasteiger partial charge < -0.3 is 4.74 Å². The van der Waals surface area contributed by atoms with Crippen molar-refractivity contribution in [2.45, 2.75) is 20.3 Å². The van der Waals surface area contributed by atoms with E-state index in [1.807, 2.05) is 43.3 Å². The maximum atomic E-state index is 12.3. The van der Waals surface area contributed by atoms with Crippen LogP contribution in [0, 0.1) is 0 Å². The molecule has 0 spiro atoms. The average Bonchev–Trinajstić information content (AvgIpc) is 3.20. The second-order valence-electron chi connectivity index (χ2n) is 5.89. The van der Waals surface area contributed by atoms with Crippen LogP contribution in [0.5, 0.6) is 5.75 Å². The van der Waals surface area contributed by atoms with Gasteiger partial charge in [0.25, 0.3) is 5.91 Å². The van der Waals surface area contributed by atoms with E-state index in [4.69, 9.17) is 4.74 Å². The van der Waals surface area contributed by atoms with E-state index in [1.165, 1.54) is 5.56 Å². The number of carbonyl (C=O) groups excluding carboxylic acids is 1. The number of hydrogen-bond donors (Lipinski definition) is 2. The lowest BCUT2D eigenvalue weighted by atomic mass is 10.1. The van der Waals surface area contributed by atoms with Gasteiger partial charge >= 0.3 is 0 Å². The molecule has 2 N–H and O–H groups in total. The Morgan fingerprint density at radius 3 is 2.70 bits per heavy atom. The first-order valence-corrected chi connectivity index (χ1v) is 8.91. The standard InChI is InChI=1S/C21H22N4O2/c1-3-15-9-11-16(12-10-15)18-13-19(24-23-18)21(26)25-22-14-17-7-5-6-8-20(17)27-4-2/h5-14H,3-4H2,1-2H3,(H,23,24)(H,25,26)/b22-14-. The third-order valence-corrected chi connectivity index (χ3v) is 4.07. The second-order valence-corrected chi connectivity index (χ2v) is 5.89. The van der Waals surface area contributed by atoms with E-state index in [9.17, 15) is 4.79 Å². The Labute approximate surface area is 158 Å². The SMILES string of the molecule is CCOc1ccccc1/C=N\NC(=O)c1cc(-c2ccc(CC)cc2)n[nH]1. The molecule has 138 valence electrons. The van der Waals surface area contributed by atoms with E-state index in [-0.39, 0.29) is 5.91 Å².